The Morgan fingerprint density at radius 1 is 0.706 bits per heavy atom. The first-order chi connectivity index (χ1) is 8.38. The van der Waals surface area contributed by atoms with Gasteiger partial charge in [-0.3, -0.25) is 14.7 Å². The van der Waals surface area contributed by atoms with Crippen molar-refractivity contribution in [3.63, 3.8) is 0 Å². The van der Waals surface area contributed by atoms with E-state index in [-0.39, 0.29) is 0 Å². The molecule has 0 radical (unpaired) electrons. The molecule has 0 aromatic rings. The van der Waals surface area contributed by atoms with Crippen molar-refractivity contribution in [3.05, 3.63) is 0 Å². The molecular weight excluding hydrogens is 282 g/mol. The molecule has 0 aromatic heterocycles. The third-order valence-corrected chi connectivity index (χ3v) is 4.06. The maximum atomic E-state index is 5.37. The molecule has 2 aliphatic heterocycles. The van der Waals surface area contributed by atoms with Gasteiger partial charge in [-0.05, 0) is 0 Å². The molecule has 2 saturated heterocycles. The van der Waals surface area contributed by atoms with Gasteiger partial charge in [0.15, 0.2) is 0 Å². The standard InChI is InChI=1S/C12H24BrN3O/c13-1-2-14-3-5-15(6-4-14)7-8-16-9-11-17-12-10-16/h1-12H2. The number of ether oxygens (including phenoxy) is 1. The van der Waals surface area contributed by atoms with Crippen molar-refractivity contribution in [1.82, 2.24) is 14.7 Å². The number of hydrogen-bond acceptors (Lipinski definition) is 4. The van der Waals surface area contributed by atoms with Crippen LogP contribution in [0.25, 0.3) is 0 Å². The molecule has 17 heavy (non-hydrogen) atoms. The Labute approximate surface area is 113 Å². The number of nitrogens with zero attached hydrogens (tertiary/aromatic N) is 3. The Hall–Kier alpha value is 0.320. The molecular formula is C12H24BrN3O. The van der Waals surface area contributed by atoms with E-state index in [4.69, 9.17) is 4.74 Å². The first-order valence-electron chi connectivity index (χ1n) is 6.69. The maximum Gasteiger partial charge on any atom is 0.0594 e. The second-order valence-corrected chi connectivity index (χ2v) is 5.62. The van der Waals surface area contributed by atoms with Crippen LogP contribution in [0.2, 0.25) is 0 Å². The van der Waals surface area contributed by atoms with E-state index in [2.05, 4.69) is 30.6 Å². The summed E-state index contributed by atoms with van der Waals surface area (Å²) in [5, 5.41) is 1.10. The minimum Gasteiger partial charge on any atom is -0.379 e. The van der Waals surface area contributed by atoms with Crippen molar-refractivity contribution in [2.75, 3.05) is 77.4 Å². The topological polar surface area (TPSA) is 19.0 Å². The Morgan fingerprint density at radius 2 is 1.18 bits per heavy atom. The highest BCUT2D eigenvalue weighted by Crippen LogP contribution is 2.03. The van der Waals surface area contributed by atoms with E-state index >= 15 is 0 Å². The van der Waals surface area contributed by atoms with Gasteiger partial charge in [-0.1, -0.05) is 15.9 Å². The van der Waals surface area contributed by atoms with Crippen molar-refractivity contribution in [3.8, 4) is 0 Å². The van der Waals surface area contributed by atoms with Crippen LogP contribution in [0.3, 0.4) is 0 Å². The summed E-state index contributed by atoms with van der Waals surface area (Å²) >= 11 is 3.51. The molecule has 0 saturated carbocycles. The van der Waals surface area contributed by atoms with Gasteiger partial charge in [0.1, 0.15) is 0 Å². The molecule has 0 atom stereocenters. The predicted octanol–water partition coefficient (Wildman–Crippen LogP) is 0.331. The van der Waals surface area contributed by atoms with Gasteiger partial charge < -0.3 is 4.74 Å². The Kier molecular flexibility index (Phi) is 6.22. The van der Waals surface area contributed by atoms with Gasteiger partial charge in [-0.2, -0.15) is 0 Å². The summed E-state index contributed by atoms with van der Waals surface area (Å²) in [6.45, 7) is 12.6. The summed E-state index contributed by atoms with van der Waals surface area (Å²) in [4.78, 5) is 7.66. The van der Waals surface area contributed by atoms with E-state index in [0.717, 1.165) is 31.6 Å². The highest BCUT2D eigenvalue weighted by Gasteiger charge is 2.17. The molecule has 2 fully saturated rings. The Balaban J connectivity index is 1.57. The van der Waals surface area contributed by atoms with Crippen LogP contribution < -0.4 is 0 Å². The normalized spacial score (nSPS) is 25.2. The van der Waals surface area contributed by atoms with Crippen molar-refractivity contribution in [2.24, 2.45) is 0 Å². The van der Waals surface area contributed by atoms with Crippen LogP contribution in [0.1, 0.15) is 0 Å². The van der Waals surface area contributed by atoms with Crippen LogP contribution in [-0.2, 0) is 4.74 Å². The molecule has 0 aliphatic carbocycles. The minimum atomic E-state index is 0.916. The van der Waals surface area contributed by atoms with Gasteiger partial charge in [0, 0.05) is 64.2 Å². The third kappa shape index (κ3) is 4.83. The first kappa shape index (κ1) is 13.7. The van der Waals surface area contributed by atoms with E-state index in [1.165, 1.54) is 45.8 Å². The lowest BCUT2D eigenvalue weighted by Crippen LogP contribution is -2.49. The Bertz CT molecular complexity index is 204. The van der Waals surface area contributed by atoms with Crippen molar-refractivity contribution in [1.29, 1.82) is 0 Å². The largest absolute Gasteiger partial charge is 0.379 e. The van der Waals surface area contributed by atoms with E-state index in [0.29, 0.717) is 0 Å². The lowest BCUT2D eigenvalue weighted by atomic mass is 10.3. The lowest BCUT2D eigenvalue weighted by Gasteiger charge is -2.36. The molecule has 4 nitrogen and oxygen atoms in total. The van der Waals surface area contributed by atoms with Gasteiger partial charge in [0.2, 0.25) is 0 Å². The molecule has 2 heterocycles. The zero-order valence-corrected chi connectivity index (χ0v) is 12.2. The van der Waals surface area contributed by atoms with Crippen LogP contribution in [0.5, 0.6) is 0 Å². The summed E-state index contributed by atoms with van der Waals surface area (Å²) in [5.74, 6) is 0. The number of rotatable bonds is 5. The summed E-state index contributed by atoms with van der Waals surface area (Å²) in [6.07, 6.45) is 0. The van der Waals surface area contributed by atoms with Gasteiger partial charge in [-0.25, -0.2) is 0 Å². The minimum absolute atomic E-state index is 0.916. The fourth-order valence-electron chi connectivity index (χ4n) is 2.46. The van der Waals surface area contributed by atoms with E-state index < -0.39 is 0 Å². The monoisotopic (exact) mass is 305 g/mol. The van der Waals surface area contributed by atoms with Crippen LogP contribution in [0.4, 0.5) is 0 Å². The average Bonchev–Trinajstić information content (AvgIpc) is 2.40. The summed E-state index contributed by atoms with van der Waals surface area (Å²) < 4.78 is 5.37. The summed E-state index contributed by atoms with van der Waals surface area (Å²) in [7, 11) is 0. The summed E-state index contributed by atoms with van der Waals surface area (Å²) in [5.41, 5.74) is 0. The molecule has 2 aliphatic rings. The molecule has 5 heteroatoms. The second-order valence-electron chi connectivity index (χ2n) is 4.83. The quantitative estimate of drug-likeness (QED) is 0.682. The van der Waals surface area contributed by atoms with Crippen LogP contribution in [-0.4, -0.2) is 92.1 Å². The smallest absolute Gasteiger partial charge is 0.0594 e. The fraction of sp³-hybridized carbons (Fsp3) is 1.00. The van der Waals surface area contributed by atoms with Crippen molar-refractivity contribution < 1.29 is 4.74 Å². The number of morpholine rings is 1. The molecule has 0 N–H and O–H groups in total. The SMILES string of the molecule is BrCCN1CCN(CCN2CCOCC2)CC1. The molecule has 0 aromatic carbocycles. The zero-order valence-electron chi connectivity index (χ0n) is 10.6. The molecule has 0 bridgehead atoms. The van der Waals surface area contributed by atoms with Crippen molar-refractivity contribution >= 4 is 15.9 Å². The predicted molar refractivity (Wildman–Crippen MR) is 73.9 cm³/mol. The Morgan fingerprint density at radius 3 is 1.71 bits per heavy atom. The molecule has 0 amide bonds. The summed E-state index contributed by atoms with van der Waals surface area (Å²) in [6, 6.07) is 0. The van der Waals surface area contributed by atoms with E-state index in [9.17, 15) is 0 Å². The molecule has 2 rings (SSSR count). The zero-order chi connectivity index (χ0) is 11.9. The average molecular weight is 306 g/mol. The van der Waals surface area contributed by atoms with Crippen LogP contribution in [0, 0.1) is 0 Å². The van der Waals surface area contributed by atoms with Crippen molar-refractivity contribution in [2.45, 2.75) is 0 Å². The lowest BCUT2D eigenvalue weighted by molar-refractivity contribution is 0.0301. The number of piperazine rings is 1. The van der Waals surface area contributed by atoms with Gasteiger partial charge >= 0.3 is 0 Å². The van der Waals surface area contributed by atoms with Gasteiger partial charge in [0.05, 0.1) is 13.2 Å². The van der Waals surface area contributed by atoms with E-state index in [1.807, 2.05) is 0 Å². The van der Waals surface area contributed by atoms with Crippen LogP contribution >= 0.6 is 15.9 Å². The van der Waals surface area contributed by atoms with E-state index in [1.54, 1.807) is 0 Å². The highest BCUT2D eigenvalue weighted by molar-refractivity contribution is 9.09. The molecule has 0 unspecified atom stereocenters. The maximum absolute atomic E-state index is 5.37. The second kappa shape index (κ2) is 7.69. The molecule has 0 spiro atoms. The highest BCUT2D eigenvalue weighted by atomic mass is 79.9. The van der Waals surface area contributed by atoms with Crippen LogP contribution in [0.15, 0.2) is 0 Å². The number of alkyl halides is 1. The first-order valence-corrected chi connectivity index (χ1v) is 7.81. The molecule has 100 valence electrons. The van der Waals surface area contributed by atoms with Gasteiger partial charge in [0.25, 0.3) is 0 Å². The van der Waals surface area contributed by atoms with Gasteiger partial charge in [-0.15, -0.1) is 0 Å². The number of halogens is 1. The third-order valence-electron chi connectivity index (χ3n) is 3.70. The number of hydrogen-bond donors (Lipinski definition) is 0. The fourth-order valence-corrected chi connectivity index (χ4v) is 2.97.